The fourth-order valence-electron chi connectivity index (χ4n) is 4.67. The number of Topliss-reactive ketones (excluding diaryl/α,β-unsaturated/α-hetero) is 1. The van der Waals surface area contributed by atoms with Crippen molar-refractivity contribution in [3.8, 4) is 0 Å². The Bertz CT molecular complexity index is 1620. The highest BCUT2D eigenvalue weighted by Gasteiger charge is 2.52. The van der Waals surface area contributed by atoms with Crippen molar-refractivity contribution in [2.45, 2.75) is 38.4 Å². The van der Waals surface area contributed by atoms with Crippen molar-refractivity contribution in [3.63, 3.8) is 0 Å². The molecule has 0 saturated heterocycles. The molecule has 220 valence electrons. The van der Waals surface area contributed by atoms with Crippen molar-refractivity contribution in [1.82, 2.24) is 24.6 Å². The Hall–Kier alpha value is -4.67. The minimum atomic E-state index is -5.42. The van der Waals surface area contributed by atoms with E-state index in [9.17, 15) is 45.1 Å². The van der Waals surface area contributed by atoms with Gasteiger partial charge in [-0.25, -0.2) is 18.7 Å². The van der Waals surface area contributed by atoms with Crippen molar-refractivity contribution >= 4 is 29.6 Å². The van der Waals surface area contributed by atoms with Gasteiger partial charge in [0.25, 0.3) is 5.91 Å². The molecule has 10 nitrogen and oxygen atoms in total. The molecule has 2 aliphatic rings. The second kappa shape index (κ2) is 10.3. The summed E-state index contributed by atoms with van der Waals surface area (Å²) >= 11 is 0. The zero-order valence-electron chi connectivity index (χ0n) is 21.1. The molecule has 3 heterocycles. The molecule has 42 heavy (non-hydrogen) atoms. The van der Waals surface area contributed by atoms with E-state index in [1.165, 1.54) is 24.3 Å². The largest absolute Gasteiger partial charge is 0.497 e. The maximum atomic E-state index is 14.9. The maximum Gasteiger partial charge on any atom is 0.497 e. The summed E-state index contributed by atoms with van der Waals surface area (Å²) in [6.07, 6.45) is -9.31. The van der Waals surface area contributed by atoms with Crippen LogP contribution in [0, 0.1) is 5.82 Å². The number of ketones is 1. The maximum absolute atomic E-state index is 14.9. The van der Waals surface area contributed by atoms with Gasteiger partial charge in [0.2, 0.25) is 11.5 Å². The standard InChI is InChI=1S/C25H18F7N6O4/c26-17-6-5-14(9-16(17)22(40)36-8-7-19-18(11-36)34-35-37(19)13-24(27,28)29)12-38(42-23(41)25(30,31)32)20-4-2-1-3-15(20)21(39)10-33-38/h1-6,9-10H,7-8,11-13H2/q+1. The third kappa shape index (κ3) is 5.59. The summed E-state index contributed by atoms with van der Waals surface area (Å²) < 4.78 is 92.2. The van der Waals surface area contributed by atoms with Gasteiger partial charge in [0.15, 0.2) is 6.54 Å². The molecule has 3 aromatic rings. The number of hydrogen-bond acceptors (Lipinski definition) is 7. The van der Waals surface area contributed by atoms with E-state index < -0.39 is 59.2 Å². The van der Waals surface area contributed by atoms with Crippen LogP contribution >= 0.6 is 0 Å². The quantitative estimate of drug-likeness (QED) is 0.326. The van der Waals surface area contributed by atoms with Crippen molar-refractivity contribution in [2.24, 2.45) is 5.10 Å². The number of nitrogens with zero attached hydrogens (tertiary/aromatic N) is 6. The number of carbonyl (C=O) groups excluding carboxylic acids is 3. The van der Waals surface area contributed by atoms with Gasteiger partial charge in [-0.1, -0.05) is 23.4 Å². The molecule has 2 aliphatic heterocycles. The van der Waals surface area contributed by atoms with Gasteiger partial charge >= 0.3 is 18.3 Å². The number of amides is 1. The van der Waals surface area contributed by atoms with E-state index in [1.807, 2.05) is 0 Å². The summed E-state index contributed by atoms with van der Waals surface area (Å²) in [6.45, 7) is -2.39. The molecule has 1 aromatic heterocycles. The summed E-state index contributed by atoms with van der Waals surface area (Å²) in [7, 11) is 0. The third-order valence-electron chi connectivity index (χ3n) is 6.52. The Morgan fingerprint density at radius 2 is 1.79 bits per heavy atom. The molecule has 0 bridgehead atoms. The van der Waals surface area contributed by atoms with Crippen LogP contribution < -0.4 is 4.76 Å². The minimum absolute atomic E-state index is 0.00449. The highest BCUT2D eigenvalue weighted by Crippen LogP contribution is 2.36. The van der Waals surface area contributed by atoms with Crippen LogP contribution in [0.5, 0.6) is 0 Å². The minimum Gasteiger partial charge on any atom is -0.332 e. The van der Waals surface area contributed by atoms with E-state index in [0.29, 0.717) is 10.9 Å². The molecule has 0 radical (unpaired) electrons. The average Bonchev–Trinajstić information content (AvgIpc) is 3.31. The van der Waals surface area contributed by atoms with Crippen molar-refractivity contribution in [1.29, 1.82) is 0 Å². The number of benzene rings is 2. The Kier molecular flexibility index (Phi) is 7.08. The molecule has 0 saturated carbocycles. The third-order valence-corrected chi connectivity index (χ3v) is 6.52. The predicted octanol–water partition coefficient (Wildman–Crippen LogP) is 3.89. The molecule has 1 amide bonds. The first-order valence-electron chi connectivity index (χ1n) is 12.1. The molecular weight excluding hydrogens is 581 g/mol. The second-order valence-electron chi connectivity index (χ2n) is 9.41. The first-order chi connectivity index (χ1) is 19.7. The first kappa shape index (κ1) is 28.8. The molecule has 17 heteroatoms. The summed E-state index contributed by atoms with van der Waals surface area (Å²) in [5.41, 5.74) is -0.523. The van der Waals surface area contributed by atoms with Crippen molar-refractivity contribution in [3.05, 3.63) is 76.4 Å². The normalized spacial score (nSPS) is 18.5. The number of hydrogen-bond donors (Lipinski definition) is 0. The lowest BCUT2D eigenvalue weighted by Gasteiger charge is -2.31. The van der Waals surface area contributed by atoms with Crippen molar-refractivity contribution < 1.29 is 50.0 Å². The van der Waals surface area contributed by atoms with Crippen LogP contribution in [-0.2, 0) is 35.7 Å². The second-order valence-corrected chi connectivity index (χ2v) is 9.41. The highest BCUT2D eigenvalue weighted by atomic mass is 19.4. The van der Waals surface area contributed by atoms with Gasteiger partial charge in [0.1, 0.15) is 24.3 Å². The molecule has 1 atom stereocenters. The number of quaternary nitrogens is 1. The first-order valence-corrected chi connectivity index (χ1v) is 12.1. The monoisotopic (exact) mass is 599 g/mol. The Balaban J connectivity index is 1.45. The predicted molar refractivity (Wildman–Crippen MR) is 128 cm³/mol. The average molecular weight is 599 g/mol. The van der Waals surface area contributed by atoms with Crippen LogP contribution in [0.2, 0.25) is 0 Å². The Morgan fingerprint density at radius 1 is 1.05 bits per heavy atom. The molecule has 5 rings (SSSR count). The van der Waals surface area contributed by atoms with Crippen LogP contribution in [0.1, 0.15) is 37.7 Å². The molecule has 0 spiro atoms. The Morgan fingerprint density at radius 3 is 2.50 bits per heavy atom. The number of carbonyl (C=O) groups is 3. The molecule has 1 unspecified atom stereocenters. The van der Waals surface area contributed by atoms with Crippen molar-refractivity contribution in [2.75, 3.05) is 6.54 Å². The smallest absolute Gasteiger partial charge is 0.332 e. The van der Waals surface area contributed by atoms with Crippen LogP contribution in [0.3, 0.4) is 0 Å². The molecule has 0 aliphatic carbocycles. The number of para-hydroxylation sites is 1. The van der Waals surface area contributed by atoms with E-state index in [2.05, 4.69) is 15.4 Å². The lowest BCUT2D eigenvalue weighted by Crippen LogP contribution is -2.50. The van der Waals surface area contributed by atoms with Crippen LogP contribution in [-0.4, -0.2) is 62.7 Å². The Labute approximate surface area is 231 Å². The number of aromatic nitrogens is 3. The zero-order chi connectivity index (χ0) is 30.4. The van der Waals surface area contributed by atoms with E-state index in [4.69, 9.17) is 4.84 Å². The number of halogens is 7. The van der Waals surface area contributed by atoms with Gasteiger partial charge in [0, 0.05) is 29.4 Å². The van der Waals surface area contributed by atoms with Gasteiger partial charge < -0.3 is 4.90 Å². The lowest BCUT2D eigenvalue weighted by atomic mass is 10.0. The SMILES string of the molecule is O=C1C=N[N+](Cc2ccc(F)c(C(=O)N3CCc4c(nnn4CC(F)(F)F)C3)c2)(OC(=O)C(F)(F)F)c2ccccc21. The van der Waals surface area contributed by atoms with E-state index in [0.717, 1.165) is 23.1 Å². The molecule has 0 N–H and O–H groups in total. The number of alkyl halides is 6. The van der Waals surface area contributed by atoms with Gasteiger partial charge in [-0.2, -0.15) is 26.3 Å². The molecular formula is C25H18F7N6O4+. The fourth-order valence-corrected chi connectivity index (χ4v) is 4.67. The summed E-state index contributed by atoms with van der Waals surface area (Å²) in [5.74, 6) is -5.13. The van der Waals surface area contributed by atoms with Gasteiger partial charge in [0.05, 0.1) is 23.4 Å². The van der Waals surface area contributed by atoms with E-state index in [1.54, 1.807) is 0 Å². The van der Waals surface area contributed by atoms with Gasteiger partial charge in [-0.05, 0) is 23.3 Å². The summed E-state index contributed by atoms with van der Waals surface area (Å²) in [6, 6.07) is 8.41. The number of rotatable bonds is 5. The number of fused-ring (bicyclic) bond motifs is 2. The zero-order valence-corrected chi connectivity index (χ0v) is 21.1. The van der Waals surface area contributed by atoms with Crippen LogP contribution in [0.15, 0.2) is 47.6 Å². The van der Waals surface area contributed by atoms with Crippen LogP contribution in [0.25, 0.3) is 0 Å². The van der Waals surface area contributed by atoms with E-state index >= 15 is 0 Å². The van der Waals surface area contributed by atoms with Gasteiger partial charge in [-0.15, -0.1) is 5.10 Å². The molecule has 0 fully saturated rings. The summed E-state index contributed by atoms with van der Waals surface area (Å²) in [5, 5.41) is 11.0. The fraction of sp³-hybridized carbons (Fsp3) is 0.280. The summed E-state index contributed by atoms with van der Waals surface area (Å²) in [4.78, 5) is 43.5. The van der Waals surface area contributed by atoms with Crippen LogP contribution in [0.4, 0.5) is 36.4 Å². The topological polar surface area (TPSA) is 107 Å². The number of hydroxylamine groups is 1. The molecule has 2 aromatic carbocycles. The lowest BCUT2D eigenvalue weighted by molar-refractivity contribution is -0.237. The van der Waals surface area contributed by atoms with Gasteiger partial charge in [-0.3, -0.25) is 9.59 Å². The van der Waals surface area contributed by atoms with E-state index in [-0.39, 0.29) is 47.7 Å². The highest BCUT2D eigenvalue weighted by molar-refractivity contribution is 6.37.